The fraction of sp³-hybridized carbons (Fsp3) is 0.353. The van der Waals surface area contributed by atoms with Crippen LogP contribution in [0, 0.1) is 0 Å². The second kappa shape index (κ2) is 8.60. The number of halogens is 1. The van der Waals surface area contributed by atoms with E-state index < -0.39 is 0 Å². The van der Waals surface area contributed by atoms with Crippen LogP contribution in [-0.4, -0.2) is 38.5 Å². The maximum absolute atomic E-state index is 6.00. The predicted octanol–water partition coefficient (Wildman–Crippen LogP) is 2.90. The minimum absolute atomic E-state index is 0.134. The van der Waals surface area contributed by atoms with E-state index in [0.29, 0.717) is 13.1 Å². The van der Waals surface area contributed by atoms with Crippen molar-refractivity contribution < 1.29 is 4.42 Å². The van der Waals surface area contributed by atoms with E-state index in [1.54, 1.807) is 13.3 Å². The quantitative estimate of drug-likeness (QED) is 0.630. The van der Waals surface area contributed by atoms with E-state index in [-0.39, 0.29) is 6.04 Å². The lowest BCUT2D eigenvalue weighted by molar-refractivity contribution is 0.258. The van der Waals surface area contributed by atoms with Crippen molar-refractivity contribution >= 4 is 17.6 Å². The minimum atomic E-state index is 0.134. The average molecular weight is 335 g/mol. The zero-order valence-corrected chi connectivity index (χ0v) is 14.5. The van der Waals surface area contributed by atoms with Gasteiger partial charge in [-0.3, -0.25) is 9.89 Å². The van der Waals surface area contributed by atoms with Gasteiger partial charge in [0.05, 0.1) is 12.3 Å². The smallest absolute Gasteiger partial charge is 0.191 e. The number of hydrogen-bond acceptors (Lipinski definition) is 3. The molecule has 2 N–H and O–H groups in total. The molecule has 124 valence electrons. The molecule has 0 saturated carbocycles. The second-order valence-corrected chi connectivity index (χ2v) is 5.87. The highest BCUT2D eigenvalue weighted by atomic mass is 35.5. The number of rotatable bonds is 6. The SMILES string of the molecule is CN=C(NCc1cccc(Cl)c1)NCC(c1ccco1)N(C)C. The number of hydrogen-bond donors (Lipinski definition) is 2. The van der Waals surface area contributed by atoms with Crippen LogP contribution in [0.2, 0.25) is 5.02 Å². The van der Waals surface area contributed by atoms with Crippen LogP contribution in [-0.2, 0) is 6.54 Å². The normalized spacial score (nSPS) is 13.2. The van der Waals surface area contributed by atoms with Gasteiger partial charge in [0.2, 0.25) is 0 Å². The van der Waals surface area contributed by atoms with Gasteiger partial charge in [0.25, 0.3) is 0 Å². The van der Waals surface area contributed by atoms with Gasteiger partial charge in [-0.15, -0.1) is 0 Å². The van der Waals surface area contributed by atoms with Crippen LogP contribution >= 0.6 is 11.6 Å². The summed E-state index contributed by atoms with van der Waals surface area (Å²) >= 11 is 6.00. The number of nitrogens with zero attached hydrogens (tertiary/aromatic N) is 2. The zero-order valence-electron chi connectivity index (χ0n) is 13.7. The molecule has 5 nitrogen and oxygen atoms in total. The van der Waals surface area contributed by atoms with Gasteiger partial charge in [-0.1, -0.05) is 23.7 Å². The Labute approximate surface area is 142 Å². The van der Waals surface area contributed by atoms with Crippen molar-refractivity contribution in [1.82, 2.24) is 15.5 Å². The van der Waals surface area contributed by atoms with E-state index in [2.05, 4.69) is 20.5 Å². The molecular weight excluding hydrogens is 312 g/mol. The topological polar surface area (TPSA) is 52.8 Å². The molecule has 0 aliphatic carbocycles. The van der Waals surface area contributed by atoms with Crippen LogP contribution in [0.4, 0.5) is 0 Å². The third kappa shape index (κ3) is 5.30. The summed E-state index contributed by atoms with van der Waals surface area (Å²) in [7, 11) is 5.80. The van der Waals surface area contributed by atoms with E-state index >= 15 is 0 Å². The summed E-state index contributed by atoms with van der Waals surface area (Å²) < 4.78 is 5.51. The fourth-order valence-corrected chi connectivity index (χ4v) is 2.48. The highest BCUT2D eigenvalue weighted by Gasteiger charge is 2.17. The largest absolute Gasteiger partial charge is 0.468 e. The molecule has 1 aromatic carbocycles. The molecule has 1 heterocycles. The van der Waals surface area contributed by atoms with Gasteiger partial charge in [0.15, 0.2) is 5.96 Å². The molecule has 1 atom stereocenters. The lowest BCUT2D eigenvalue weighted by atomic mass is 10.2. The summed E-state index contributed by atoms with van der Waals surface area (Å²) in [5.41, 5.74) is 1.11. The third-order valence-electron chi connectivity index (χ3n) is 3.53. The molecule has 1 unspecified atom stereocenters. The summed E-state index contributed by atoms with van der Waals surface area (Å²) in [4.78, 5) is 6.36. The molecule has 0 saturated heterocycles. The molecule has 0 bridgehead atoms. The van der Waals surface area contributed by atoms with Crippen LogP contribution in [0.5, 0.6) is 0 Å². The lowest BCUT2D eigenvalue weighted by Gasteiger charge is -2.23. The molecular formula is C17H23ClN4O. The summed E-state index contributed by atoms with van der Waals surface area (Å²) in [6, 6.07) is 11.8. The van der Waals surface area contributed by atoms with Gasteiger partial charge < -0.3 is 15.1 Å². The van der Waals surface area contributed by atoms with Gasteiger partial charge in [-0.25, -0.2) is 0 Å². The van der Waals surface area contributed by atoms with Crippen molar-refractivity contribution in [3.63, 3.8) is 0 Å². The standard InChI is InChI=1S/C17H23ClN4O/c1-19-17(20-11-13-6-4-7-14(18)10-13)21-12-15(22(2)3)16-8-5-9-23-16/h4-10,15H,11-12H2,1-3H3,(H2,19,20,21). The van der Waals surface area contributed by atoms with Crippen LogP contribution in [0.1, 0.15) is 17.4 Å². The molecule has 0 aliphatic heterocycles. The van der Waals surface area contributed by atoms with Gasteiger partial charge in [0.1, 0.15) is 5.76 Å². The number of aliphatic imine (C=N–C) groups is 1. The molecule has 0 aliphatic rings. The van der Waals surface area contributed by atoms with E-state index in [0.717, 1.165) is 22.3 Å². The number of benzene rings is 1. The van der Waals surface area contributed by atoms with Crippen molar-refractivity contribution in [2.24, 2.45) is 4.99 Å². The monoisotopic (exact) mass is 334 g/mol. The van der Waals surface area contributed by atoms with Crippen molar-refractivity contribution in [2.75, 3.05) is 27.7 Å². The summed E-state index contributed by atoms with van der Waals surface area (Å²) in [6.07, 6.45) is 1.69. The van der Waals surface area contributed by atoms with Crippen molar-refractivity contribution in [3.05, 3.63) is 59.0 Å². The Morgan fingerprint density at radius 2 is 2.09 bits per heavy atom. The van der Waals surface area contributed by atoms with E-state index in [4.69, 9.17) is 16.0 Å². The second-order valence-electron chi connectivity index (χ2n) is 5.43. The Kier molecular flexibility index (Phi) is 6.50. The third-order valence-corrected chi connectivity index (χ3v) is 3.77. The fourth-order valence-electron chi connectivity index (χ4n) is 2.27. The molecule has 2 aromatic rings. The molecule has 0 radical (unpaired) electrons. The first kappa shape index (κ1) is 17.4. The van der Waals surface area contributed by atoms with E-state index in [1.807, 2.05) is 50.5 Å². The van der Waals surface area contributed by atoms with Gasteiger partial charge in [0, 0.05) is 25.2 Å². The van der Waals surface area contributed by atoms with E-state index in [1.165, 1.54) is 0 Å². The lowest BCUT2D eigenvalue weighted by Crippen LogP contribution is -2.41. The Morgan fingerprint density at radius 1 is 1.26 bits per heavy atom. The highest BCUT2D eigenvalue weighted by molar-refractivity contribution is 6.30. The summed E-state index contributed by atoms with van der Waals surface area (Å²) in [5.74, 6) is 1.66. The molecule has 0 fully saturated rings. The Balaban J connectivity index is 1.89. The van der Waals surface area contributed by atoms with Crippen molar-refractivity contribution in [1.29, 1.82) is 0 Å². The Hall–Kier alpha value is -1.98. The number of guanidine groups is 1. The van der Waals surface area contributed by atoms with Crippen LogP contribution in [0.3, 0.4) is 0 Å². The van der Waals surface area contributed by atoms with Crippen LogP contribution < -0.4 is 10.6 Å². The Bertz CT molecular complexity index is 625. The van der Waals surface area contributed by atoms with Gasteiger partial charge in [-0.05, 0) is 43.9 Å². The highest BCUT2D eigenvalue weighted by Crippen LogP contribution is 2.17. The molecule has 1 aromatic heterocycles. The first-order valence-electron chi connectivity index (χ1n) is 7.49. The molecule has 6 heteroatoms. The van der Waals surface area contributed by atoms with Crippen molar-refractivity contribution in [2.45, 2.75) is 12.6 Å². The molecule has 0 spiro atoms. The maximum atomic E-state index is 6.00. The van der Waals surface area contributed by atoms with Gasteiger partial charge in [-0.2, -0.15) is 0 Å². The number of nitrogens with one attached hydrogen (secondary N) is 2. The van der Waals surface area contributed by atoms with E-state index in [9.17, 15) is 0 Å². The number of furan rings is 1. The summed E-state index contributed by atoms with van der Waals surface area (Å²) in [5, 5.41) is 7.35. The average Bonchev–Trinajstić information content (AvgIpc) is 3.04. The maximum Gasteiger partial charge on any atom is 0.191 e. The van der Waals surface area contributed by atoms with Crippen LogP contribution in [0.25, 0.3) is 0 Å². The first-order valence-corrected chi connectivity index (χ1v) is 7.86. The first-order chi connectivity index (χ1) is 11.1. The molecule has 2 rings (SSSR count). The van der Waals surface area contributed by atoms with Gasteiger partial charge >= 0.3 is 0 Å². The summed E-state index contributed by atoms with van der Waals surface area (Å²) in [6.45, 7) is 1.35. The minimum Gasteiger partial charge on any atom is -0.468 e. The Morgan fingerprint density at radius 3 is 2.70 bits per heavy atom. The van der Waals surface area contributed by atoms with Crippen molar-refractivity contribution in [3.8, 4) is 0 Å². The number of likely N-dealkylation sites (N-methyl/N-ethyl adjacent to an activating group) is 1. The zero-order chi connectivity index (χ0) is 16.7. The van der Waals surface area contributed by atoms with Crippen LogP contribution in [0.15, 0.2) is 52.1 Å². The predicted molar refractivity (Wildman–Crippen MR) is 94.8 cm³/mol. The molecule has 23 heavy (non-hydrogen) atoms. The molecule has 0 amide bonds.